The number of rotatable bonds is 6. The third-order valence-corrected chi connectivity index (χ3v) is 6.01. The molecular formula is C28H18N4O4S. The Labute approximate surface area is 214 Å². The summed E-state index contributed by atoms with van der Waals surface area (Å²) >= 11 is 0. The van der Waals surface area contributed by atoms with E-state index in [1.165, 1.54) is 17.1 Å². The first-order valence-corrected chi connectivity index (χ1v) is 12.4. The van der Waals surface area contributed by atoms with Crippen LogP contribution in [0, 0.1) is 29.2 Å². The van der Waals surface area contributed by atoms with E-state index in [1.807, 2.05) is 48.5 Å². The van der Waals surface area contributed by atoms with Crippen LogP contribution in [-0.4, -0.2) is 18.8 Å². The lowest BCUT2D eigenvalue weighted by molar-refractivity contribution is 0.437. The van der Waals surface area contributed by atoms with E-state index in [9.17, 15) is 23.5 Å². The van der Waals surface area contributed by atoms with E-state index in [4.69, 9.17) is 11.3 Å². The second kappa shape index (κ2) is 10.6. The van der Waals surface area contributed by atoms with Crippen molar-refractivity contribution in [2.45, 2.75) is 0 Å². The average molecular weight is 507 g/mol. The summed E-state index contributed by atoms with van der Waals surface area (Å²) in [5, 5.41) is 19.4. The van der Waals surface area contributed by atoms with Gasteiger partial charge in [0.1, 0.15) is 0 Å². The summed E-state index contributed by atoms with van der Waals surface area (Å²) < 4.78 is 39.2. The van der Waals surface area contributed by atoms with E-state index < -0.39 is 16.0 Å². The fraction of sp³-hybridized carbons (Fsp3) is 0.0357. The van der Waals surface area contributed by atoms with Crippen LogP contribution >= 0.6 is 0 Å². The van der Waals surface area contributed by atoms with Crippen molar-refractivity contribution in [1.29, 1.82) is 10.5 Å². The summed E-state index contributed by atoms with van der Waals surface area (Å²) in [4.78, 5) is 4.54. The number of benzene rings is 3. The van der Waals surface area contributed by atoms with Crippen molar-refractivity contribution >= 4 is 21.4 Å². The van der Waals surface area contributed by atoms with Gasteiger partial charge in [0.15, 0.2) is 11.6 Å². The lowest BCUT2D eigenvalue weighted by atomic mass is 9.96. The zero-order chi connectivity index (χ0) is 26.4. The first-order chi connectivity index (χ1) is 17.8. The van der Waals surface area contributed by atoms with Crippen molar-refractivity contribution in [2.24, 2.45) is 0 Å². The first-order valence-electron chi connectivity index (χ1n) is 10.8. The molecule has 180 valence electrons. The third-order valence-electron chi connectivity index (χ3n) is 5.43. The zero-order valence-electron chi connectivity index (χ0n) is 19.2. The molecular weight excluding hydrogens is 488 g/mol. The minimum atomic E-state index is -4.46. The van der Waals surface area contributed by atoms with E-state index in [2.05, 4.69) is 4.85 Å². The Morgan fingerprint density at radius 2 is 1.68 bits per heavy atom. The van der Waals surface area contributed by atoms with Gasteiger partial charge >= 0.3 is 0 Å². The predicted molar refractivity (Wildman–Crippen MR) is 139 cm³/mol. The van der Waals surface area contributed by atoms with Gasteiger partial charge in [0.2, 0.25) is 5.88 Å². The second-order valence-corrected chi connectivity index (χ2v) is 9.22. The molecule has 0 saturated carbocycles. The van der Waals surface area contributed by atoms with Crippen molar-refractivity contribution in [1.82, 2.24) is 0 Å². The average Bonchev–Trinajstić information content (AvgIpc) is 3.24. The van der Waals surface area contributed by atoms with Gasteiger partial charge in [-0.05, 0) is 34.9 Å². The fourth-order valence-corrected chi connectivity index (χ4v) is 4.42. The minimum Gasteiger partial charge on any atom is -0.439 e. The Hall–Kier alpha value is -5.14. The summed E-state index contributed by atoms with van der Waals surface area (Å²) in [6.07, 6.45) is 2.72. The highest BCUT2D eigenvalue weighted by atomic mass is 32.2. The molecule has 0 amide bonds. The number of nitrogens with zero attached hydrogens (tertiary/aromatic N) is 4. The van der Waals surface area contributed by atoms with Gasteiger partial charge in [0, 0.05) is 11.6 Å². The van der Waals surface area contributed by atoms with Crippen molar-refractivity contribution in [3.05, 3.63) is 125 Å². The quantitative estimate of drug-likeness (QED) is 0.202. The predicted octanol–water partition coefficient (Wildman–Crippen LogP) is 5.54. The molecule has 4 rings (SSSR count). The molecule has 0 bridgehead atoms. The van der Waals surface area contributed by atoms with Gasteiger partial charge in [-0.15, -0.1) is 0 Å². The molecule has 3 aromatic carbocycles. The van der Waals surface area contributed by atoms with Crippen molar-refractivity contribution in [2.75, 3.05) is 10.8 Å². The van der Waals surface area contributed by atoms with E-state index in [1.54, 1.807) is 42.5 Å². The maximum atomic E-state index is 11.8. The van der Waals surface area contributed by atoms with Crippen LogP contribution in [0.15, 0.2) is 108 Å². The number of allylic oxidation sites excluding steroid dienone is 5. The molecule has 0 saturated heterocycles. The number of hydrogen-bond donors (Lipinski definition) is 1. The molecule has 1 aliphatic heterocycles. The van der Waals surface area contributed by atoms with Crippen LogP contribution in [-0.2, 0) is 10.1 Å². The Morgan fingerprint density at radius 3 is 2.27 bits per heavy atom. The molecule has 3 aromatic rings. The smallest absolute Gasteiger partial charge is 0.283 e. The van der Waals surface area contributed by atoms with Gasteiger partial charge in [-0.2, -0.15) is 13.7 Å². The molecule has 8 nitrogen and oxygen atoms in total. The van der Waals surface area contributed by atoms with Crippen LogP contribution in [0.4, 0.5) is 5.69 Å². The number of anilines is 1. The third kappa shape index (κ3) is 5.58. The molecule has 0 unspecified atom stereocenters. The van der Waals surface area contributed by atoms with Crippen molar-refractivity contribution in [3.63, 3.8) is 0 Å². The molecule has 1 heterocycles. The van der Waals surface area contributed by atoms with Crippen LogP contribution in [0.5, 0.6) is 5.75 Å². The van der Waals surface area contributed by atoms with E-state index in [0.717, 1.165) is 11.1 Å². The van der Waals surface area contributed by atoms with Gasteiger partial charge in [-0.25, -0.2) is 10.1 Å². The van der Waals surface area contributed by atoms with Crippen molar-refractivity contribution < 1.29 is 17.7 Å². The molecule has 0 fully saturated rings. The Balaban J connectivity index is 1.82. The fourth-order valence-electron chi connectivity index (χ4n) is 3.82. The summed E-state index contributed by atoms with van der Waals surface area (Å²) in [5.41, 5.74) is 2.50. The standard InChI is InChI=1S/C28H18N4O4S/c1-31-24(18-30)28(21-10-6-3-7-11-21)23(17-29)13-15-27-32(19-37(33,34)35)25-16-22(12-14-26(25)36-27)20-8-4-2-5-9-20/h2-16H,19H2,(H,33,34,35)/b23-13+,27-15-,28-24-. The first kappa shape index (κ1) is 25.0. The van der Waals surface area contributed by atoms with Crippen LogP contribution in [0.1, 0.15) is 5.56 Å². The van der Waals surface area contributed by atoms with Crippen molar-refractivity contribution in [3.8, 4) is 29.0 Å². The van der Waals surface area contributed by atoms with Crippen LogP contribution in [0.2, 0.25) is 0 Å². The molecule has 0 atom stereocenters. The lowest BCUT2D eigenvalue weighted by Crippen LogP contribution is -2.27. The highest BCUT2D eigenvalue weighted by Gasteiger charge is 2.30. The SMILES string of the molecule is [C-]#[N+]\C(C#N)=C(/C(C#N)=C/C=C1\Oc2ccc(-c3ccccc3)cc2N1CS(=O)(=O)O)c1ccccc1. The summed E-state index contributed by atoms with van der Waals surface area (Å²) in [6.45, 7) is 7.38. The molecule has 37 heavy (non-hydrogen) atoms. The number of nitriles is 2. The maximum Gasteiger partial charge on any atom is 0.283 e. The Kier molecular flexibility index (Phi) is 7.18. The highest BCUT2D eigenvalue weighted by Crippen LogP contribution is 2.42. The van der Waals surface area contributed by atoms with Crippen LogP contribution < -0.4 is 9.64 Å². The number of ether oxygens (including phenoxy) is 1. The lowest BCUT2D eigenvalue weighted by Gasteiger charge is -2.16. The molecule has 0 radical (unpaired) electrons. The summed E-state index contributed by atoms with van der Waals surface area (Å²) in [7, 11) is -4.46. The minimum absolute atomic E-state index is 0.00239. The molecule has 1 N–H and O–H groups in total. The van der Waals surface area contributed by atoms with Gasteiger partial charge in [0.25, 0.3) is 15.8 Å². The Bertz CT molecular complexity index is 1660. The van der Waals surface area contributed by atoms with E-state index >= 15 is 0 Å². The topological polar surface area (TPSA) is 119 Å². The number of fused-ring (bicyclic) bond motifs is 1. The van der Waals surface area contributed by atoms with Gasteiger partial charge in [0.05, 0.1) is 30.0 Å². The summed E-state index contributed by atoms with van der Waals surface area (Å²) in [6, 6.07) is 27.1. The Morgan fingerprint density at radius 1 is 1.00 bits per heavy atom. The molecule has 1 aliphatic rings. The van der Waals surface area contributed by atoms with Gasteiger partial charge in [-0.3, -0.25) is 9.45 Å². The molecule has 9 heteroatoms. The number of hydrogen-bond acceptors (Lipinski definition) is 6. The second-order valence-electron chi connectivity index (χ2n) is 7.80. The van der Waals surface area contributed by atoms with Crippen LogP contribution in [0.3, 0.4) is 0 Å². The monoisotopic (exact) mass is 506 g/mol. The maximum absolute atomic E-state index is 11.8. The largest absolute Gasteiger partial charge is 0.439 e. The van der Waals surface area contributed by atoms with E-state index in [-0.39, 0.29) is 22.7 Å². The molecule has 0 aliphatic carbocycles. The summed E-state index contributed by atoms with van der Waals surface area (Å²) in [5.74, 6) is -0.384. The van der Waals surface area contributed by atoms with Gasteiger partial charge in [-0.1, -0.05) is 66.7 Å². The normalized spacial score (nSPS) is 14.6. The van der Waals surface area contributed by atoms with Crippen LogP contribution in [0.25, 0.3) is 21.5 Å². The molecule has 0 aromatic heterocycles. The van der Waals surface area contributed by atoms with Gasteiger partial charge < -0.3 is 4.74 Å². The van der Waals surface area contributed by atoms with E-state index in [0.29, 0.717) is 17.0 Å². The highest BCUT2D eigenvalue weighted by molar-refractivity contribution is 7.85. The zero-order valence-corrected chi connectivity index (χ0v) is 20.1. The molecule has 0 spiro atoms.